The highest BCUT2D eigenvalue weighted by Crippen LogP contribution is 2.40. The summed E-state index contributed by atoms with van der Waals surface area (Å²) in [5.41, 5.74) is 8.25. The van der Waals surface area contributed by atoms with Gasteiger partial charge >= 0.3 is 0 Å². The molecule has 0 bridgehead atoms. The normalized spacial score (nSPS) is 13.0. The van der Waals surface area contributed by atoms with E-state index >= 15 is 0 Å². The summed E-state index contributed by atoms with van der Waals surface area (Å²) in [6, 6.07) is 30.2. The van der Waals surface area contributed by atoms with Crippen LogP contribution in [0.25, 0.3) is 0 Å². The van der Waals surface area contributed by atoms with Gasteiger partial charge < -0.3 is 10.2 Å². The van der Waals surface area contributed by atoms with Crippen molar-refractivity contribution in [2.24, 2.45) is 0 Å². The fraction of sp³-hybridized carbons (Fsp3) is 0.478. The summed E-state index contributed by atoms with van der Waals surface area (Å²) >= 11 is 0. The van der Waals surface area contributed by atoms with Crippen molar-refractivity contribution >= 4 is 0 Å². The summed E-state index contributed by atoms with van der Waals surface area (Å²) in [6.07, 6.45) is 0. The smallest absolute Gasteiger partial charge is 0.123 e. The number of phenols is 2. The third-order valence-corrected chi connectivity index (χ3v) is 9.74. The highest BCUT2D eigenvalue weighted by atomic mass is 16.3. The first-order chi connectivity index (χ1) is 23.1. The van der Waals surface area contributed by atoms with Gasteiger partial charge in [-0.2, -0.15) is 0 Å². The number of phenolic OH excluding ortho intramolecular Hbond substituents is 2. The van der Waals surface area contributed by atoms with Gasteiger partial charge in [0, 0.05) is 50.4 Å². The molecule has 4 heteroatoms. The van der Waals surface area contributed by atoms with Gasteiger partial charge in [0.1, 0.15) is 11.5 Å². The standard InChI is InChI=1S/C46H64N2O2/c1-43(2,3)37-25-35(41(49)39(27-37)45(7,8)9)31-48(32-36-26-38(44(4,5)6)28-40(42(36)50)46(10,11)12)24-23-47(29-33-19-15-13-16-20-33)30-34-21-17-14-18-22-34/h13-22,25-28,49-50H,23-24,29-32H2,1-12H3. The number of hydrogen-bond acceptors (Lipinski definition) is 4. The van der Waals surface area contributed by atoms with Gasteiger partial charge in [-0.3, -0.25) is 9.80 Å². The minimum absolute atomic E-state index is 0.0731. The van der Waals surface area contributed by atoms with Gasteiger partial charge in [0.05, 0.1) is 0 Å². The van der Waals surface area contributed by atoms with Crippen molar-refractivity contribution in [3.63, 3.8) is 0 Å². The predicted octanol–water partition coefficient (Wildman–Crippen LogP) is 11.0. The van der Waals surface area contributed by atoms with Crippen LogP contribution in [0.2, 0.25) is 0 Å². The Hall–Kier alpha value is -3.60. The van der Waals surface area contributed by atoms with Crippen molar-refractivity contribution < 1.29 is 10.2 Å². The zero-order valence-corrected chi connectivity index (χ0v) is 33.1. The topological polar surface area (TPSA) is 46.9 Å². The number of rotatable bonds is 11. The average molecular weight is 677 g/mol. The van der Waals surface area contributed by atoms with E-state index in [0.717, 1.165) is 48.4 Å². The lowest BCUT2D eigenvalue weighted by atomic mass is 9.78. The third kappa shape index (κ3) is 10.5. The Balaban J connectivity index is 1.80. The SMILES string of the molecule is CC(C)(C)c1cc(CN(CCN(Cc2ccccc2)Cc2ccccc2)Cc2cc(C(C)(C)C)cc(C(C)(C)C)c2O)c(O)c(C(C)(C)C)c1. The molecule has 0 heterocycles. The second-order valence-corrected chi connectivity index (χ2v) is 18.5. The Morgan fingerprint density at radius 1 is 0.420 bits per heavy atom. The van der Waals surface area contributed by atoms with Gasteiger partial charge in [-0.25, -0.2) is 0 Å². The van der Waals surface area contributed by atoms with Gasteiger partial charge in [-0.1, -0.05) is 168 Å². The number of aromatic hydroxyl groups is 2. The zero-order chi connectivity index (χ0) is 37.1. The largest absolute Gasteiger partial charge is 0.507 e. The fourth-order valence-electron chi connectivity index (χ4n) is 6.52. The summed E-state index contributed by atoms with van der Waals surface area (Å²) in [6.45, 7) is 30.8. The van der Waals surface area contributed by atoms with Crippen LogP contribution in [-0.4, -0.2) is 33.1 Å². The molecule has 0 saturated carbocycles. The van der Waals surface area contributed by atoms with Crippen LogP contribution in [0.1, 0.15) is 128 Å². The van der Waals surface area contributed by atoms with E-state index in [1.165, 1.54) is 22.3 Å². The Morgan fingerprint density at radius 3 is 1.04 bits per heavy atom. The van der Waals surface area contributed by atoms with Crippen LogP contribution in [0.5, 0.6) is 11.5 Å². The van der Waals surface area contributed by atoms with E-state index in [1.807, 2.05) is 0 Å². The van der Waals surface area contributed by atoms with E-state index in [4.69, 9.17) is 0 Å². The van der Waals surface area contributed by atoms with Crippen LogP contribution in [0.3, 0.4) is 0 Å². The molecule has 2 N–H and O–H groups in total. The lowest BCUT2D eigenvalue weighted by molar-refractivity contribution is 0.180. The molecule has 0 atom stereocenters. The van der Waals surface area contributed by atoms with Gasteiger partial charge in [-0.15, -0.1) is 0 Å². The minimum Gasteiger partial charge on any atom is -0.507 e. The van der Waals surface area contributed by atoms with Crippen molar-refractivity contribution in [3.8, 4) is 11.5 Å². The predicted molar refractivity (Wildman–Crippen MR) is 212 cm³/mol. The van der Waals surface area contributed by atoms with Crippen LogP contribution >= 0.6 is 0 Å². The molecule has 270 valence electrons. The van der Waals surface area contributed by atoms with Crippen molar-refractivity contribution in [2.75, 3.05) is 13.1 Å². The van der Waals surface area contributed by atoms with Crippen LogP contribution in [0.15, 0.2) is 84.9 Å². The highest BCUT2D eigenvalue weighted by Gasteiger charge is 2.28. The summed E-state index contributed by atoms with van der Waals surface area (Å²) in [5, 5.41) is 23.7. The molecule has 4 rings (SSSR count). The van der Waals surface area contributed by atoms with Crippen LogP contribution in [-0.2, 0) is 47.8 Å². The van der Waals surface area contributed by atoms with Gasteiger partial charge in [0.2, 0.25) is 0 Å². The number of nitrogens with zero attached hydrogens (tertiary/aromatic N) is 2. The highest BCUT2D eigenvalue weighted by molar-refractivity contribution is 5.50. The molecule has 0 saturated heterocycles. The molecule has 4 aromatic rings. The van der Waals surface area contributed by atoms with Crippen molar-refractivity contribution in [1.29, 1.82) is 0 Å². The molecule has 0 amide bonds. The van der Waals surface area contributed by atoms with E-state index in [1.54, 1.807) is 0 Å². The quantitative estimate of drug-likeness (QED) is 0.166. The molecule has 0 aliphatic rings. The molecule has 4 nitrogen and oxygen atoms in total. The second-order valence-electron chi connectivity index (χ2n) is 18.5. The molecule has 0 aliphatic heterocycles. The zero-order valence-electron chi connectivity index (χ0n) is 33.1. The summed E-state index contributed by atoms with van der Waals surface area (Å²) in [4.78, 5) is 4.93. The molecule has 0 aromatic heterocycles. The molecule has 0 spiro atoms. The Labute approximate surface area is 304 Å². The molecule has 50 heavy (non-hydrogen) atoms. The first kappa shape index (κ1) is 39.2. The lowest BCUT2D eigenvalue weighted by Crippen LogP contribution is -2.34. The van der Waals surface area contributed by atoms with Crippen molar-refractivity contribution in [3.05, 3.63) is 129 Å². The first-order valence-corrected chi connectivity index (χ1v) is 18.4. The summed E-state index contributed by atoms with van der Waals surface area (Å²) in [7, 11) is 0. The maximum absolute atomic E-state index is 11.9. The van der Waals surface area contributed by atoms with E-state index in [0.29, 0.717) is 24.6 Å². The second kappa shape index (κ2) is 15.3. The van der Waals surface area contributed by atoms with Gasteiger partial charge in [-0.05, 0) is 55.0 Å². The van der Waals surface area contributed by atoms with Crippen LogP contribution < -0.4 is 0 Å². The Bertz CT molecular complexity index is 1570. The minimum atomic E-state index is -0.214. The molecular weight excluding hydrogens is 613 g/mol. The van der Waals surface area contributed by atoms with Crippen LogP contribution in [0, 0.1) is 0 Å². The number of hydrogen-bond donors (Lipinski definition) is 2. The lowest BCUT2D eigenvalue weighted by Gasteiger charge is -2.32. The summed E-state index contributed by atoms with van der Waals surface area (Å²) in [5.74, 6) is 0.757. The molecule has 0 unspecified atom stereocenters. The molecular formula is C46H64N2O2. The monoisotopic (exact) mass is 676 g/mol. The molecule has 4 aromatic carbocycles. The molecule has 0 radical (unpaired) electrons. The Morgan fingerprint density at radius 2 is 0.740 bits per heavy atom. The Kier molecular flexibility index (Phi) is 12.0. The van der Waals surface area contributed by atoms with Crippen molar-refractivity contribution in [1.82, 2.24) is 9.80 Å². The maximum atomic E-state index is 11.9. The first-order valence-electron chi connectivity index (χ1n) is 18.4. The molecule has 0 fully saturated rings. The van der Waals surface area contributed by atoms with E-state index < -0.39 is 0 Å². The summed E-state index contributed by atoms with van der Waals surface area (Å²) < 4.78 is 0. The maximum Gasteiger partial charge on any atom is 0.123 e. The van der Waals surface area contributed by atoms with Crippen LogP contribution in [0.4, 0.5) is 0 Å². The van der Waals surface area contributed by atoms with Crippen molar-refractivity contribution in [2.45, 2.75) is 131 Å². The van der Waals surface area contributed by atoms with E-state index in [2.05, 4.69) is 178 Å². The third-order valence-electron chi connectivity index (χ3n) is 9.74. The fourth-order valence-corrected chi connectivity index (χ4v) is 6.52. The van der Waals surface area contributed by atoms with Gasteiger partial charge in [0.15, 0.2) is 0 Å². The van der Waals surface area contributed by atoms with Gasteiger partial charge in [0.25, 0.3) is 0 Å². The van der Waals surface area contributed by atoms with E-state index in [-0.39, 0.29) is 21.7 Å². The molecule has 0 aliphatic carbocycles. The number of benzene rings is 4. The van der Waals surface area contributed by atoms with E-state index in [9.17, 15) is 10.2 Å². The average Bonchev–Trinajstić information content (AvgIpc) is 3.00.